The Kier molecular flexibility index (Phi) is 6.42. The Balaban J connectivity index is 1.76. The Morgan fingerprint density at radius 1 is 1.41 bits per heavy atom. The minimum atomic E-state index is -0.308. The molecule has 1 fully saturated rings. The molecule has 0 amide bonds. The van der Waals surface area contributed by atoms with Crippen LogP contribution in [0, 0.1) is 5.92 Å². The van der Waals surface area contributed by atoms with E-state index in [0.717, 1.165) is 24.8 Å². The van der Waals surface area contributed by atoms with E-state index in [1.54, 1.807) is 7.11 Å². The lowest BCUT2D eigenvalue weighted by Gasteiger charge is -2.10. The maximum absolute atomic E-state index is 12.0. The highest BCUT2D eigenvalue weighted by Crippen LogP contribution is 2.26. The van der Waals surface area contributed by atoms with Crippen molar-refractivity contribution in [2.24, 2.45) is 16.8 Å². The highest BCUT2D eigenvalue weighted by molar-refractivity contribution is 6.23. The fourth-order valence-electron chi connectivity index (χ4n) is 2.60. The second-order valence-electron chi connectivity index (χ2n) is 5.50. The molecule has 1 saturated carbocycles. The Labute approximate surface area is 131 Å². The number of oxime groups is 1. The zero-order chi connectivity index (χ0) is 15.8. The highest BCUT2D eigenvalue weighted by atomic mass is 16.7. The van der Waals surface area contributed by atoms with Gasteiger partial charge in [0.2, 0.25) is 0 Å². The first-order valence-electron chi connectivity index (χ1n) is 7.48. The summed E-state index contributed by atoms with van der Waals surface area (Å²) in [4.78, 5) is 17.0. The predicted octanol–water partition coefficient (Wildman–Crippen LogP) is 0.716. The SMILES string of the molecule is COBNC1CCC(C(=O)O/N=C(\N)Cc2ccccc2)C1. The van der Waals surface area contributed by atoms with Crippen LogP contribution in [-0.4, -0.2) is 32.6 Å². The van der Waals surface area contributed by atoms with Crippen LogP contribution in [0.2, 0.25) is 0 Å². The van der Waals surface area contributed by atoms with Crippen LogP contribution in [-0.2, 0) is 20.7 Å². The standard InChI is InChI=1S/C15H22BN3O3/c1-21-16-18-13-8-7-12(10-13)15(20)22-19-14(17)9-11-5-3-2-4-6-11/h2-6,12-13,16,18H,7-10H2,1H3,(H2,17,19). The first-order chi connectivity index (χ1) is 10.7. The van der Waals surface area contributed by atoms with Gasteiger partial charge in [-0.05, 0) is 30.9 Å². The molecule has 118 valence electrons. The third-order valence-electron chi connectivity index (χ3n) is 3.76. The lowest BCUT2D eigenvalue weighted by Crippen LogP contribution is -2.31. The van der Waals surface area contributed by atoms with Crippen LogP contribution in [0.4, 0.5) is 0 Å². The molecule has 1 aromatic carbocycles. The van der Waals surface area contributed by atoms with Gasteiger partial charge in [0.05, 0.1) is 5.92 Å². The third-order valence-corrected chi connectivity index (χ3v) is 3.76. The van der Waals surface area contributed by atoms with E-state index in [0.29, 0.717) is 25.9 Å². The maximum Gasteiger partial charge on any atom is 0.360 e. The summed E-state index contributed by atoms with van der Waals surface area (Å²) in [6.07, 6.45) is 2.95. The molecule has 3 N–H and O–H groups in total. The van der Waals surface area contributed by atoms with E-state index in [-0.39, 0.29) is 11.9 Å². The van der Waals surface area contributed by atoms with E-state index in [1.165, 1.54) is 0 Å². The number of nitrogens with zero attached hydrogens (tertiary/aromatic N) is 1. The van der Waals surface area contributed by atoms with Crippen molar-refractivity contribution in [2.45, 2.75) is 31.7 Å². The summed E-state index contributed by atoms with van der Waals surface area (Å²) in [6, 6.07) is 10.00. The molecule has 7 heteroatoms. The Bertz CT molecular complexity index is 510. The summed E-state index contributed by atoms with van der Waals surface area (Å²) in [5.74, 6) is -0.132. The molecule has 2 unspecified atom stereocenters. The first kappa shape index (κ1) is 16.5. The Morgan fingerprint density at radius 3 is 2.91 bits per heavy atom. The molecule has 1 aliphatic rings. The van der Waals surface area contributed by atoms with Gasteiger partial charge in [-0.3, -0.25) is 0 Å². The van der Waals surface area contributed by atoms with Gasteiger partial charge in [0.25, 0.3) is 0 Å². The van der Waals surface area contributed by atoms with E-state index >= 15 is 0 Å². The quantitative estimate of drug-likeness (QED) is 0.255. The second kappa shape index (κ2) is 8.55. The molecule has 0 bridgehead atoms. The molecule has 22 heavy (non-hydrogen) atoms. The molecule has 6 nitrogen and oxygen atoms in total. The molecule has 1 aromatic rings. The van der Waals surface area contributed by atoms with Crippen molar-refractivity contribution < 1.29 is 14.3 Å². The molecule has 0 radical (unpaired) electrons. The number of carbonyl (C=O) groups excluding carboxylic acids is 1. The predicted molar refractivity (Wildman–Crippen MR) is 86.3 cm³/mol. The van der Waals surface area contributed by atoms with Gasteiger partial charge < -0.3 is 20.5 Å². The zero-order valence-electron chi connectivity index (χ0n) is 12.8. The van der Waals surface area contributed by atoms with Gasteiger partial charge in [-0.15, -0.1) is 0 Å². The van der Waals surface area contributed by atoms with Crippen molar-refractivity contribution in [3.8, 4) is 0 Å². The number of rotatable bonds is 7. The molecule has 0 saturated heterocycles. The van der Waals surface area contributed by atoms with Crippen LogP contribution in [0.5, 0.6) is 0 Å². The van der Waals surface area contributed by atoms with Crippen molar-refractivity contribution in [1.29, 1.82) is 0 Å². The average molecular weight is 303 g/mol. The van der Waals surface area contributed by atoms with Gasteiger partial charge in [-0.25, -0.2) is 4.79 Å². The fraction of sp³-hybridized carbons (Fsp3) is 0.467. The van der Waals surface area contributed by atoms with Gasteiger partial charge in [0.1, 0.15) is 5.84 Å². The van der Waals surface area contributed by atoms with Gasteiger partial charge in [-0.2, -0.15) is 0 Å². The van der Waals surface area contributed by atoms with Gasteiger partial charge in [0.15, 0.2) is 0 Å². The van der Waals surface area contributed by atoms with E-state index in [9.17, 15) is 4.79 Å². The number of benzene rings is 1. The van der Waals surface area contributed by atoms with Crippen molar-refractivity contribution in [3.05, 3.63) is 35.9 Å². The smallest absolute Gasteiger partial charge is 0.360 e. The molecule has 0 spiro atoms. The fourth-order valence-corrected chi connectivity index (χ4v) is 2.60. The van der Waals surface area contributed by atoms with Crippen molar-refractivity contribution in [3.63, 3.8) is 0 Å². The number of nitrogens with two attached hydrogens (primary N) is 1. The molecular formula is C15H22BN3O3. The first-order valence-corrected chi connectivity index (χ1v) is 7.48. The van der Waals surface area contributed by atoms with Crippen LogP contribution in [0.15, 0.2) is 35.5 Å². The molecular weight excluding hydrogens is 281 g/mol. The highest BCUT2D eigenvalue weighted by Gasteiger charge is 2.31. The van der Waals surface area contributed by atoms with Crippen molar-refractivity contribution in [2.75, 3.05) is 7.11 Å². The van der Waals surface area contributed by atoms with Crippen LogP contribution < -0.4 is 11.0 Å². The molecule has 0 aromatic heterocycles. The van der Waals surface area contributed by atoms with E-state index in [4.69, 9.17) is 15.2 Å². The van der Waals surface area contributed by atoms with Crippen LogP contribution >= 0.6 is 0 Å². The topological polar surface area (TPSA) is 85.9 Å². The molecule has 2 atom stereocenters. The van der Waals surface area contributed by atoms with Crippen molar-refractivity contribution >= 4 is 19.4 Å². The summed E-state index contributed by atoms with van der Waals surface area (Å²) in [5, 5.41) is 6.97. The molecule has 0 aliphatic heterocycles. The van der Waals surface area contributed by atoms with Crippen LogP contribution in [0.3, 0.4) is 0 Å². The van der Waals surface area contributed by atoms with E-state index < -0.39 is 0 Å². The lowest BCUT2D eigenvalue weighted by atomic mass is 10.1. The van der Waals surface area contributed by atoms with Gasteiger partial charge in [0, 0.05) is 13.5 Å². The second-order valence-corrected chi connectivity index (χ2v) is 5.50. The molecule has 0 heterocycles. The summed E-state index contributed by atoms with van der Waals surface area (Å²) < 4.78 is 4.97. The summed E-state index contributed by atoms with van der Waals surface area (Å²) in [7, 11) is 2.13. The van der Waals surface area contributed by atoms with Crippen LogP contribution in [0.1, 0.15) is 24.8 Å². The van der Waals surface area contributed by atoms with Crippen LogP contribution in [0.25, 0.3) is 0 Å². The largest absolute Gasteiger partial charge is 0.427 e. The monoisotopic (exact) mass is 303 g/mol. The van der Waals surface area contributed by atoms with E-state index in [1.807, 2.05) is 30.3 Å². The van der Waals surface area contributed by atoms with E-state index in [2.05, 4.69) is 10.4 Å². The molecule has 2 rings (SSSR count). The number of carbonyl (C=O) groups is 1. The Morgan fingerprint density at radius 2 is 2.18 bits per heavy atom. The minimum absolute atomic E-state index is 0.123. The molecule has 1 aliphatic carbocycles. The average Bonchev–Trinajstić information content (AvgIpc) is 3.00. The summed E-state index contributed by atoms with van der Waals surface area (Å²) >= 11 is 0. The number of amidine groups is 1. The lowest BCUT2D eigenvalue weighted by molar-refractivity contribution is -0.148. The third kappa shape index (κ3) is 5.16. The number of hydrogen-bond acceptors (Lipinski definition) is 5. The zero-order valence-corrected chi connectivity index (χ0v) is 12.8. The number of nitrogens with one attached hydrogen (secondary N) is 1. The Hall–Kier alpha value is -1.86. The summed E-state index contributed by atoms with van der Waals surface area (Å²) in [5.41, 5.74) is 6.82. The van der Waals surface area contributed by atoms with Crippen molar-refractivity contribution in [1.82, 2.24) is 5.23 Å². The number of hydrogen-bond donors (Lipinski definition) is 2. The van der Waals surface area contributed by atoms with Gasteiger partial charge >= 0.3 is 13.6 Å². The van der Waals surface area contributed by atoms with Gasteiger partial charge in [-0.1, -0.05) is 35.5 Å². The normalized spacial score (nSPS) is 21.6. The maximum atomic E-state index is 12.0. The minimum Gasteiger partial charge on any atom is -0.427 e. The summed E-state index contributed by atoms with van der Waals surface area (Å²) in [6.45, 7) is 0.